The molecule has 2 aliphatic heterocycles. The van der Waals surface area contributed by atoms with Crippen LogP contribution >= 0.6 is 0 Å². The normalized spacial score (nSPS) is 23.8. The maximum Gasteiger partial charge on any atom is 0.0717 e. The molecule has 0 aromatic carbocycles. The predicted octanol–water partition coefficient (Wildman–Crippen LogP) is 5.28. The van der Waals surface area contributed by atoms with Gasteiger partial charge in [-0.15, -0.1) is 0 Å². The fraction of sp³-hybridized carbons (Fsp3) is 0.917. The lowest BCUT2D eigenvalue weighted by atomic mass is 9.93. The third-order valence-corrected chi connectivity index (χ3v) is 6.32. The Morgan fingerprint density at radius 3 is 1.23 bits per heavy atom. The van der Waals surface area contributed by atoms with Crippen LogP contribution in [0.5, 0.6) is 0 Å². The average molecular weight is 361 g/mol. The summed E-state index contributed by atoms with van der Waals surface area (Å²) in [5, 5.41) is 0. The van der Waals surface area contributed by atoms with Gasteiger partial charge in [-0.05, 0) is 88.4 Å². The molecule has 0 radical (unpaired) electrons. The van der Waals surface area contributed by atoms with Crippen LogP contribution in [-0.2, 0) is 0 Å². The third kappa shape index (κ3) is 7.24. The van der Waals surface area contributed by atoms with Crippen LogP contribution in [0.4, 0.5) is 0 Å². The van der Waals surface area contributed by atoms with Crippen molar-refractivity contribution in [3.63, 3.8) is 0 Å². The van der Waals surface area contributed by atoms with Crippen LogP contribution in [0.2, 0.25) is 0 Å². The van der Waals surface area contributed by atoms with Crippen LogP contribution in [-0.4, -0.2) is 48.1 Å². The van der Waals surface area contributed by atoms with E-state index in [1.54, 1.807) is 0 Å². The molecule has 2 rings (SSSR count). The predicted molar refractivity (Wildman–Crippen MR) is 114 cm³/mol. The molecule has 2 fully saturated rings. The first-order valence-electron chi connectivity index (χ1n) is 11.3. The Labute approximate surface area is 164 Å². The molecule has 0 saturated carbocycles. The Morgan fingerprint density at radius 2 is 0.962 bits per heavy atom. The number of likely N-dealkylation sites (tertiary alicyclic amines) is 2. The van der Waals surface area contributed by atoms with Gasteiger partial charge in [-0.2, -0.15) is 0 Å². The molecule has 2 atom stereocenters. The Morgan fingerprint density at radius 1 is 0.654 bits per heavy atom. The fourth-order valence-electron chi connectivity index (χ4n) is 4.36. The molecule has 0 amide bonds. The summed E-state index contributed by atoms with van der Waals surface area (Å²) in [6.45, 7) is 19.1. The quantitative estimate of drug-likeness (QED) is 0.594. The maximum absolute atomic E-state index is 3.78. The first-order valence-corrected chi connectivity index (χ1v) is 11.3. The molecule has 150 valence electrons. The van der Waals surface area contributed by atoms with Crippen LogP contribution in [0.1, 0.15) is 80.1 Å². The average Bonchev–Trinajstić information content (AvgIpc) is 2.58. The standard InChI is InChI=1S/C24H44N2/c1-19(2)17-23(25-13-9-21(5)10-14-25)7-8-24(18-20(3)4)26-15-11-22(6)12-16-26/h19-24H,9-18H2,1-6H3. The zero-order chi connectivity index (χ0) is 19.1. The summed E-state index contributed by atoms with van der Waals surface area (Å²) < 4.78 is 0. The molecule has 0 aromatic heterocycles. The number of nitrogens with zero attached hydrogens (tertiary/aromatic N) is 2. The second kappa shape index (κ2) is 10.7. The Kier molecular flexibility index (Phi) is 8.98. The van der Waals surface area contributed by atoms with Gasteiger partial charge < -0.3 is 0 Å². The second-order valence-electron chi connectivity index (χ2n) is 10.0. The number of hydrogen-bond acceptors (Lipinski definition) is 2. The van der Waals surface area contributed by atoms with Crippen molar-refractivity contribution < 1.29 is 0 Å². The van der Waals surface area contributed by atoms with Gasteiger partial charge in [-0.25, -0.2) is 0 Å². The van der Waals surface area contributed by atoms with Crippen molar-refractivity contribution in [2.24, 2.45) is 23.7 Å². The van der Waals surface area contributed by atoms with E-state index >= 15 is 0 Å². The number of hydrogen-bond donors (Lipinski definition) is 0. The summed E-state index contributed by atoms with van der Waals surface area (Å²) in [5.74, 6) is 10.8. The molecular formula is C24H44N2. The fourth-order valence-corrected chi connectivity index (χ4v) is 4.36. The van der Waals surface area contributed by atoms with Crippen molar-refractivity contribution in [3.05, 3.63) is 0 Å². The number of rotatable bonds is 6. The first-order chi connectivity index (χ1) is 12.3. The molecule has 2 heteroatoms. The SMILES string of the molecule is CC(C)CC(C#CC(CC(C)C)N1CCC(C)CC1)N1CCC(C)CC1. The zero-order valence-electron chi connectivity index (χ0n) is 18.4. The monoisotopic (exact) mass is 360 g/mol. The molecule has 0 spiro atoms. The molecule has 2 heterocycles. The molecule has 0 aromatic rings. The summed E-state index contributed by atoms with van der Waals surface area (Å²) in [6, 6.07) is 0.918. The van der Waals surface area contributed by atoms with Gasteiger partial charge in [0.15, 0.2) is 0 Å². The van der Waals surface area contributed by atoms with Gasteiger partial charge in [0.05, 0.1) is 12.1 Å². The van der Waals surface area contributed by atoms with Crippen molar-refractivity contribution in [3.8, 4) is 11.8 Å². The van der Waals surface area contributed by atoms with Crippen molar-refractivity contribution in [2.45, 2.75) is 92.2 Å². The van der Waals surface area contributed by atoms with E-state index < -0.39 is 0 Å². The summed E-state index contributed by atoms with van der Waals surface area (Å²) in [5.41, 5.74) is 0. The molecule has 0 bridgehead atoms. The Bertz CT molecular complexity index is 403. The van der Waals surface area contributed by atoms with Gasteiger partial charge in [0.2, 0.25) is 0 Å². The second-order valence-corrected chi connectivity index (χ2v) is 10.0. The largest absolute Gasteiger partial charge is 0.290 e. The minimum absolute atomic E-state index is 0.459. The molecule has 26 heavy (non-hydrogen) atoms. The van der Waals surface area contributed by atoms with E-state index in [0.29, 0.717) is 23.9 Å². The van der Waals surface area contributed by atoms with Crippen molar-refractivity contribution in [1.29, 1.82) is 0 Å². The topological polar surface area (TPSA) is 6.48 Å². The molecule has 2 aliphatic rings. The van der Waals surface area contributed by atoms with Crippen LogP contribution in [0.15, 0.2) is 0 Å². The highest BCUT2D eigenvalue weighted by molar-refractivity contribution is 5.15. The molecule has 0 N–H and O–H groups in total. The number of piperidine rings is 2. The molecule has 0 aliphatic carbocycles. The van der Waals surface area contributed by atoms with Gasteiger partial charge >= 0.3 is 0 Å². The summed E-state index contributed by atoms with van der Waals surface area (Å²) in [7, 11) is 0. The highest BCUT2D eigenvalue weighted by Crippen LogP contribution is 2.23. The van der Waals surface area contributed by atoms with Crippen molar-refractivity contribution in [2.75, 3.05) is 26.2 Å². The zero-order valence-corrected chi connectivity index (χ0v) is 18.4. The van der Waals surface area contributed by atoms with E-state index in [-0.39, 0.29) is 0 Å². The Balaban J connectivity index is 2.07. The van der Waals surface area contributed by atoms with Gasteiger partial charge in [0.1, 0.15) is 0 Å². The molecule has 2 unspecified atom stereocenters. The molecular weight excluding hydrogens is 316 g/mol. The lowest BCUT2D eigenvalue weighted by Gasteiger charge is -2.36. The summed E-state index contributed by atoms with van der Waals surface area (Å²) >= 11 is 0. The lowest BCUT2D eigenvalue weighted by molar-refractivity contribution is 0.147. The summed E-state index contributed by atoms with van der Waals surface area (Å²) in [4.78, 5) is 5.36. The smallest absolute Gasteiger partial charge is 0.0717 e. The van der Waals surface area contributed by atoms with Gasteiger partial charge in [-0.1, -0.05) is 53.4 Å². The lowest BCUT2D eigenvalue weighted by Crippen LogP contribution is -2.43. The van der Waals surface area contributed by atoms with Crippen LogP contribution in [0, 0.1) is 35.5 Å². The van der Waals surface area contributed by atoms with Crippen molar-refractivity contribution in [1.82, 2.24) is 9.80 Å². The summed E-state index contributed by atoms with van der Waals surface area (Å²) in [6.07, 6.45) is 7.80. The van der Waals surface area contributed by atoms with Gasteiger partial charge in [0.25, 0.3) is 0 Å². The minimum atomic E-state index is 0.459. The first kappa shape index (κ1) is 21.8. The molecule has 2 saturated heterocycles. The van der Waals surface area contributed by atoms with Gasteiger partial charge in [-0.3, -0.25) is 9.80 Å². The highest BCUT2D eigenvalue weighted by Gasteiger charge is 2.25. The van der Waals surface area contributed by atoms with E-state index in [9.17, 15) is 0 Å². The van der Waals surface area contributed by atoms with Crippen molar-refractivity contribution >= 4 is 0 Å². The Hall–Kier alpha value is -0.520. The van der Waals surface area contributed by atoms with E-state index in [4.69, 9.17) is 0 Å². The third-order valence-electron chi connectivity index (χ3n) is 6.32. The highest BCUT2D eigenvalue weighted by atomic mass is 15.2. The van der Waals surface area contributed by atoms with E-state index in [2.05, 4.69) is 63.2 Å². The van der Waals surface area contributed by atoms with E-state index in [1.807, 2.05) is 0 Å². The van der Waals surface area contributed by atoms with Gasteiger partial charge in [0, 0.05) is 0 Å². The van der Waals surface area contributed by atoms with E-state index in [1.165, 1.54) is 64.7 Å². The minimum Gasteiger partial charge on any atom is -0.290 e. The molecule has 2 nitrogen and oxygen atoms in total. The van der Waals surface area contributed by atoms with Crippen LogP contribution in [0.3, 0.4) is 0 Å². The maximum atomic E-state index is 3.78. The van der Waals surface area contributed by atoms with Crippen LogP contribution < -0.4 is 0 Å². The van der Waals surface area contributed by atoms with E-state index in [0.717, 1.165) is 11.8 Å². The van der Waals surface area contributed by atoms with Crippen LogP contribution in [0.25, 0.3) is 0 Å².